The maximum atomic E-state index is 12.1. The lowest BCUT2D eigenvalue weighted by molar-refractivity contribution is -0.130. The molecule has 1 fully saturated rings. The number of nitrogens with two attached hydrogens (primary N) is 1. The second-order valence-corrected chi connectivity index (χ2v) is 6.74. The van der Waals surface area contributed by atoms with Gasteiger partial charge in [-0.3, -0.25) is 4.79 Å². The van der Waals surface area contributed by atoms with E-state index in [0.29, 0.717) is 18.9 Å². The number of aliphatic hydroxyl groups is 1. The predicted octanol–water partition coefficient (Wildman–Crippen LogP) is 2.01. The average Bonchev–Trinajstić information content (AvgIpc) is 2.62. The van der Waals surface area contributed by atoms with Crippen molar-refractivity contribution < 1.29 is 14.6 Å². The van der Waals surface area contributed by atoms with Gasteiger partial charge >= 0.3 is 0 Å². The van der Waals surface area contributed by atoms with Crippen LogP contribution in [0.3, 0.4) is 0 Å². The van der Waals surface area contributed by atoms with Crippen molar-refractivity contribution in [3.8, 4) is 5.75 Å². The monoisotopic (exact) mass is 334 g/mol. The van der Waals surface area contributed by atoms with Crippen molar-refractivity contribution in [1.82, 2.24) is 5.32 Å². The molecule has 0 saturated heterocycles. The van der Waals surface area contributed by atoms with Crippen LogP contribution in [0.4, 0.5) is 0 Å². The van der Waals surface area contributed by atoms with Crippen molar-refractivity contribution in [3.63, 3.8) is 0 Å². The first-order valence-electron chi connectivity index (χ1n) is 8.94. The van der Waals surface area contributed by atoms with Crippen molar-refractivity contribution in [2.75, 3.05) is 13.7 Å². The van der Waals surface area contributed by atoms with Crippen LogP contribution in [0, 0.1) is 5.92 Å². The Bertz CT molecular complexity index is 515. The summed E-state index contributed by atoms with van der Waals surface area (Å²) in [6.45, 7) is 0.471. The van der Waals surface area contributed by atoms with Gasteiger partial charge in [-0.25, -0.2) is 0 Å². The number of amides is 1. The van der Waals surface area contributed by atoms with Crippen molar-refractivity contribution in [1.29, 1.82) is 0 Å². The van der Waals surface area contributed by atoms with E-state index in [4.69, 9.17) is 10.5 Å². The lowest BCUT2D eigenvalue weighted by Crippen LogP contribution is -2.47. The molecule has 0 bridgehead atoms. The summed E-state index contributed by atoms with van der Waals surface area (Å²) in [5.74, 6) is 0.975. The van der Waals surface area contributed by atoms with Gasteiger partial charge in [-0.15, -0.1) is 0 Å². The van der Waals surface area contributed by atoms with Gasteiger partial charge in [-0.2, -0.15) is 0 Å². The average molecular weight is 334 g/mol. The molecule has 1 aliphatic carbocycles. The second-order valence-electron chi connectivity index (χ2n) is 6.74. The van der Waals surface area contributed by atoms with Gasteiger partial charge in [0.2, 0.25) is 5.91 Å². The van der Waals surface area contributed by atoms with Crippen LogP contribution >= 0.6 is 0 Å². The molecule has 0 heterocycles. The summed E-state index contributed by atoms with van der Waals surface area (Å²) in [4.78, 5) is 12.1. The molecule has 1 aliphatic rings. The highest BCUT2D eigenvalue weighted by Gasteiger charge is 2.26. The minimum atomic E-state index is -1.13. The third kappa shape index (κ3) is 5.80. The maximum absolute atomic E-state index is 12.1. The Labute approximate surface area is 144 Å². The Balaban J connectivity index is 1.72. The number of methoxy groups -OCH3 is 1. The lowest BCUT2D eigenvalue weighted by atomic mass is 9.84. The summed E-state index contributed by atoms with van der Waals surface area (Å²) in [5.41, 5.74) is 7.12. The van der Waals surface area contributed by atoms with Crippen molar-refractivity contribution in [3.05, 3.63) is 29.8 Å². The molecular weight excluding hydrogens is 304 g/mol. The van der Waals surface area contributed by atoms with Crippen LogP contribution in [0.15, 0.2) is 24.3 Å². The van der Waals surface area contributed by atoms with Crippen LogP contribution in [-0.2, 0) is 11.2 Å². The van der Waals surface area contributed by atoms with E-state index in [9.17, 15) is 9.90 Å². The first kappa shape index (κ1) is 18.7. The molecule has 2 unspecified atom stereocenters. The zero-order chi connectivity index (χ0) is 17.4. The van der Waals surface area contributed by atoms with E-state index in [1.54, 1.807) is 7.11 Å². The van der Waals surface area contributed by atoms with Crippen LogP contribution in [0.1, 0.15) is 44.1 Å². The van der Waals surface area contributed by atoms with E-state index < -0.39 is 12.1 Å². The molecule has 134 valence electrons. The minimum Gasteiger partial charge on any atom is -0.497 e. The Morgan fingerprint density at radius 3 is 2.83 bits per heavy atom. The van der Waals surface area contributed by atoms with Crippen LogP contribution in [0.2, 0.25) is 0 Å². The number of nitrogens with one attached hydrogen (secondary N) is 1. The van der Waals surface area contributed by atoms with E-state index in [2.05, 4.69) is 5.32 Å². The summed E-state index contributed by atoms with van der Waals surface area (Å²) < 4.78 is 5.18. The summed E-state index contributed by atoms with van der Waals surface area (Å²) in [6, 6.07) is 7.25. The number of rotatable bonds is 8. The van der Waals surface area contributed by atoms with Crippen LogP contribution in [-0.4, -0.2) is 36.8 Å². The van der Waals surface area contributed by atoms with E-state index in [0.717, 1.165) is 30.6 Å². The molecule has 4 N–H and O–H groups in total. The number of benzene rings is 1. The number of ether oxygens (including phenoxy) is 1. The first-order chi connectivity index (χ1) is 11.6. The zero-order valence-electron chi connectivity index (χ0n) is 14.5. The number of carbonyl (C=O) groups is 1. The van der Waals surface area contributed by atoms with Gasteiger partial charge in [0.25, 0.3) is 0 Å². The fourth-order valence-corrected chi connectivity index (χ4v) is 3.39. The first-order valence-corrected chi connectivity index (χ1v) is 8.94. The molecule has 0 spiro atoms. The summed E-state index contributed by atoms with van der Waals surface area (Å²) in [6.07, 6.45) is 6.38. The standard InChI is InChI=1S/C19H30N2O3/c1-24-16-9-5-8-15(12-16)10-11-21-19(23)18(22)17(20)13-14-6-3-2-4-7-14/h5,8-9,12,14,17-18,22H,2-4,6-7,10-11,13,20H2,1H3,(H,21,23). The third-order valence-corrected chi connectivity index (χ3v) is 4.85. The maximum Gasteiger partial charge on any atom is 0.250 e. The molecule has 1 aromatic rings. The molecule has 5 nitrogen and oxygen atoms in total. The molecule has 0 aliphatic heterocycles. The minimum absolute atomic E-state index is 0.374. The largest absolute Gasteiger partial charge is 0.497 e. The van der Waals surface area contributed by atoms with Gasteiger partial charge in [-0.1, -0.05) is 44.2 Å². The summed E-state index contributed by atoms with van der Waals surface area (Å²) >= 11 is 0. The fraction of sp³-hybridized carbons (Fsp3) is 0.632. The van der Waals surface area contributed by atoms with E-state index in [1.165, 1.54) is 19.3 Å². The highest BCUT2D eigenvalue weighted by atomic mass is 16.5. The lowest BCUT2D eigenvalue weighted by Gasteiger charge is -2.26. The normalized spacial score (nSPS) is 18.0. The quantitative estimate of drug-likeness (QED) is 0.679. The number of aliphatic hydroxyl groups excluding tert-OH is 1. The molecule has 5 heteroatoms. The molecule has 2 rings (SSSR count). The molecule has 1 amide bonds. The molecular formula is C19H30N2O3. The smallest absolute Gasteiger partial charge is 0.250 e. The highest BCUT2D eigenvalue weighted by molar-refractivity contribution is 5.81. The van der Waals surface area contributed by atoms with Crippen molar-refractivity contribution >= 4 is 5.91 Å². The Kier molecular flexibility index (Phi) is 7.53. The van der Waals surface area contributed by atoms with Crippen molar-refractivity contribution in [2.45, 2.75) is 57.1 Å². The molecule has 0 radical (unpaired) electrons. The Hall–Kier alpha value is -1.59. The van der Waals surface area contributed by atoms with Crippen molar-refractivity contribution in [2.24, 2.45) is 11.7 Å². The molecule has 0 aromatic heterocycles. The van der Waals surface area contributed by atoms with E-state index in [1.807, 2.05) is 24.3 Å². The van der Waals surface area contributed by atoms with Gasteiger partial charge in [0.05, 0.1) is 7.11 Å². The van der Waals surface area contributed by atoms with E-state index >= 15 is 0 Å². The van der Waals surface area contributed by atoms with Gasteiger partial charge in [-0.05, 0) is 36.5 Å². The molecule has 24 heavy (non-hydrogen) atoms. The Morgan fingerprint density at radius 1 is 1.38 bits per heavy atom. The van der Waals surface area contributed by atoms with Gasteiger partial charge in [0.15, 0.2) is 0 Å². The number of hydrogen-bond acceptors (Lipinski definition) is 4. The van der Waals surface area contributed by atoms with Crippen LogP contribution < -0.4 is 15.8 Å². The van der Waals surface area contributed by atoms with Gasteiger partial charge in [0.1, 0.15) is 11.9 Å². The fourth-order valence-electron chi connectivity index (χ4n) is 3.39. The predicted molar refractivity (Wildman–Crippen MR) is 94.9 cm³/mol. The Morgan fingerprint density at radius 2 is 2.12 bits per heavy atom. The highest BCUT2D eigenvalue weighted by Crippen LogP contribution is 2.27. The summed E-state index contributed by atoms with van der Waals surface area (Å²) in [5, 5.41) is 12.9. The number of hydrogen-bond donors (Lipinski definition) is 3. The zero-order valence-corrected chi connectivity index (χ0v) is 14.5. The number of carbonyl (C=O) groups excluding carboxylic acids is 1. The summed E-state index contributed by atoms with van der Waals surface area (Å²) in [7, 11) is 1.63. The van der Waals surface area contributed by atoms with E-state index in [-0.39, 0.29) is 5.91 Å². The topological polar surface area (TPSA) is 84.6 Å². The molecule has 2 atom stereocenters. The van der Waals surface area contributed by atoms with Gasteiger partial charge < -0.3 is 20.9 Å². The van der Waals surface area contributed by atoms with Crippen LogP contribution in [0.25, 0.3) is 0 Å². The van der Waals surface area contributed by atoms with Crippen LogP contribution in [0.5, 0.6) is 5.75 Å². The third-order valence-electron chi connectivity index (χ3n) is 4.85. The van der Waals surface area contributed by atoms with Gasteiger partial charge in [0, 0.05) is 12.6 Å². The molecule has 1 aromatic carbocycles. The second kappa shape index (κ2) is 9.64. The molecule has 1 saturated carbocycles. The SMILES string of the molecule is COc1cccc(CCNC(=O)C(O)C(N)CC2CCCCC2)c1.